The average Bonchev–Trinajstić information content (AvgIpc) is 3.52. The number of ketones is 2. The molecule has 1 amide bonds. The van der Waals surface area contributed by atoms with Crippen LogP contribution in [-0.4, -0.2) is 57.2 Å². The van der Waals surface area contributed by atoms with E-state index in [0.717, 1.165) is 11.8 Å². The first kappa shape index (κ1) is 29.0. The molecule has 2 bridgehead atoms. The molecule has 0 saturated carbocycles. The van der Waals surface area contributed by atoms with E-state index in [1.54, 1.807) is 31.2 Å². The van der Waals surface area contributed by atoms with Gasteiger partial charge in [-0.25, -0.2) is 9.78 Å². The Labute approximate surface area is 222 Å². The normalized spacial score (nSPS) is 27.8. The van der Waals surface area contributed by atoms with Crippen LogP contribution in [0.1, 0.15) is 69.8 Å². The van der Waals surface area contributed by atoms with E-state index in [2.05, 4.69) is 4.98 Å². The number of carbonyl (C=O) groups excluding carboxylic acids is 4. The minimum Gasteiger partial charge on any atom is -0.457 e. The number of nitrogens with zero attached hydrogens (tertiary/aromatic N) is 2. The summed E-state index contributed by atoms with van der Waals surface area (Å²) < 4.78 is 11.2. The molecule has 2 aliphatic heterocycles. The zero-order valence-corrected chi connectivity index (χ0v) is 22.4. The second-order valence-electron chi connectivity index (χ2n) is 10.1. The summed E-state index contributed by atoms with van der Waals surface area (Å²) in [7, 11) is 0. The highest BCUT2D eigenvalue weighted by Gasteiger charge is 2.33. The SMILES string of the molecule is CC1=C\[C@@H](O)CC(=O)Cc2nc(co2)C(=O)N2CCC=C2C(=O)O[C@H](C(C)C)[C@H](C)/C=C/C(=O)CC\C=C\1. The quantitative estimate of drug-likeness (QED) is 0.548. The molecule has 9 heteroatoms. The van der Waals surface area contributed by atoms with Gasteiger partial charge < -0.3 is 19.2 Å². The van der Waals surface area contributed by atoms with Crippen LogP contribution in [0.2, 0.25) is 0 Å². The van der Waals surface area contributed by atoms with Gasteiger partial charge in [-0.1, -0.05) is 56.7 Å². The first-order valence-electron chi connectivity index (χ1n) is 13.0. The molecule has 0 saturated heterocycles. The maximum atomic E-state index is 13.1. The van der Waals surface area contributed by atoms with Crippen molar-refractivity contribution in [1.29, 1.82) is 0 Å². The number of Topliss-reactive ketones (excluding diaryl/α,β-unsaturated/α-hetero) is 1. The molecule has 1 aromatic rings. The number of esters is 1. The fraction of sp³-hybridized carbons (Fsp3) is 0.483. The van der Waals surface area contributed by atoms with Crippen molar-refractivity contribution in [2.24, 2.45) is 11.8 Å². The molecule has 3 rings (SSSR count). The van der Waals surface area contributed by atoms with Crippen LogP contribution >= 0.6 is 0 Å². The molecule has 204 valence electrons. The van der Waals surface area contributed by atoms with Crippen molar-refractivity contribution in [2.45, 2.75) is 72.0 Å². The monoisotopic (exact) mass is 524 g/mol. The number of fused-ring (bicyclic) bond motifs is 3. The van der Waals surface area contributed by atoms with Crippen molar-refractivity contribution < 1.29 is 33.4 Å². The van der Waals surface area contributed by atoms with Gasteiger partial charge in [0.15, 0.2) is 11.5 Å². The Morgan fingerprint density at radius 1 is 1.13 bits per heavy atom. The van der Waals surface area contributed by atoms with E-state index >= 15 is 0 Å². The maximum Gasteiger partial charge on any atom is 0.355 e. The number of allylic oxidation sites excluding steroid dienone is 4. The number of amides is 1. The second kappa shape index (κ2) is 13.3. The zero-order chi connectivity index (χ0) is 27.8. The molecule has 1 aromatic heterocycles. The van der Waals surface area contributed by atoms with E-state index in [-0.39, 0.29) is 60.1 Å². The number of hydrogen-bond donors (Lipinski definition) is 1. The number of hydrogen-bond acceptors (Lipinski definition) is 8. The highest BCUT2D eigenvalue weighted by atomic mass is 16.5. The van der Waals surface area contributed by atoms with Gasteiger partial charge in [-0.05, 0) is 31.8 Å². The van der Waals surface area contributed by atoms with Crippen molar-refractivity contribution in [3.8, 4) is 0 Å². The maximum absolute atomic E-state index is 13.1. The number of aliphatic hydroxyl groups excluding tert-OH is 1. The fourth-order valence-corrected chi connectivity index (χ4v) is 4.47. The number of oxazole rings is 1. The fourth-order valence-electron chi connectivity index (χ4n) is 4.47. The molecule has 0 unspecified atom stereocenters. The lowest BCUT2D eigenvalue weighted by atomic mass is 9.93. The van der Waals surface area contributed by atoms with Crippen molar-refractivity contribution in [2.75, 3.05) is 6.54 Å². The summed E-state index contributed by atoms with van der Waals surface area (Å²) in [4.78, 5) is 56.5. The summed E-state index contributed by atoms with van der Waals surface area (Å²) in [5.74, 6) is -1.71. The summed E-state index contributed by atoms with van der Waals surface area (Å²) in [5, 5.41) is 10.3. The first-order chi connectivity index (χ1) is 18.0. The van der Waals surface area contributed by atoms with Crippen LogP contribution in [0.15, 0.2) is 58.4 Å². The number of aliphatic hydroxyl groups is 1. The third-order valence-electron chi connectivity index (χ3n) is 6.39. The summed E-state index contributed by atoms with van der Waals surface area (Å²) >= 11 is 0. The number of carbonyl (C=O) groups is 4. The van der Waals surface area contributed by atoms with Gasteiger partial charge in [0.25, 0.3) is 5.91 Å². The summed E-state index contributed by atoms with van der Waals surface area (Å²) in [5.41, 5.74) is 0.868. The summed E-state index contributed by atoms with van der Waals surface area (Å²) in [6.45, 7) is 7.83. The molecule has 0 aliphatic carbocycles. The van der Waals surface area contributed by atoms with Gasteiger partial charge in [-0.2, -0.15) is 0 Å². The third-order valence-corrected chi connectivity index (χ3v) is 6.39. The topological polar surface area (TPSA) is 127 Å². The predicted molar refractivity (Wildman–Crippen MR) is 140 cm³/mol. The van der Waals surface area contributed by atoms with Gasteiger partial charge in [0.2, 0.25) is 5.89 Å². The summed E-state index contributed by atoms with van der Waals surface area (Å²) in [6.07, 6.45) is 10.8. The van der Waals surface area contributed by atoms with Crippen LogP contribution in [0.4, 0.5) is 0 Å². The highest BCUT2D eigenvalue weighted by Crippen LogP contribution is 2.24. The highest BCUT2D eigenvalue weighted by molar-refractivity contribution is 6.00. The molecule has 3 atom stereocenters. The second-order valence-corrected chi connectivity index (χ2v) is 10.1. The number of cyclic esters (lactones) is 1. The smallest absolute Gasteiger partial charge is 0.355 e. The third kappa shape index (κ3) is 7.95. The largest absolute Gasteiger partial charge is 0.457 e. The van der Waals surface area contributed by atoms with Gasteiger partial charge in [0.05, 0.1) is 12.5 Å². The zero-order valence-electron chi connectivity index (χ0n) is 22.4. The molecule has 0 radical (unpaired) electrons. The average molecular weight is 525 g/mol. The van der Waals surface area contributed by atoms with E-state index in [9.17, 15) is 24.3 Å². The summed E-state index contributed by atoms with van der Waals surface area (Å²) in [6, 6.07) is 0. The van der Waals surface area contributed by atoms with Gasteiger partial charge >= 0.3 is 5.97 Å². The van der Waals surface area contributed by atoms with Crippen LogP contribution in [0.25, 0.3) is 0 Å². The van der Waals surface area contributed by atoms with E-state index in [4.69, 9.17) is 9.15 Å². The number of aromatic nitrogens is 1. The van der Waals surface area contributed by atoms with Gasteiger partial charge in [0.1, 0.15) is 23.8 Å². The van der Waals surface area contributed by atoms with Crippen LogP contribution in [-0.2, 0) is 25.5 Å². The Balaban J connectivity index is 1.86. The van der Waals surface area contributed by atoms with Crippen LogP contribution < -0.4 is 0 Å². The van der Waals surface area contributed by atoms with Crippen molar-refractivity contribution in [1.82, 2.24) is 9.88 Å². The lowest BCUT2D eigenvalue weighted by molar-refractivity contribution is -0.149. The van der Waals surface area contributed by atoms with Gasteiger partial charge in [-0.15, -0.1) is 0 Å². The molecule has 2 aliphatic rings. The predicted octanol–water partition coefficient (Wildman–Crippen LogP) is 3.89. The van der Waals surface area contributed by atoms with Crippen LogP contribution in [0.3, 0.4) is 0 Å². The molecule has 38 heavy (non-hydrogen) atoms. The molecule has 1 N–H and O–H groups in total. The molecule has 3 heterocycles. The molecular formula is C29H36N2O7. The van der Waals surface area contributed by atoms with E-state index in [1.807, 2.05) is 26.8 Å². The van der Waals surface area contributed by atoms with Crippen molar-refractivity contribution in [3.63, 3.8) is 0 Å². The minimum atomic E-state index is -0.993. The Hall–Kier alpha value is -3.59. The molecule has 9 nitrogen and oxygen atoms in total. The Morgan fingerprint density at radius 2 is 1.89 bits per heavy atom. The van der Waals surface area contributed by atoms with Gasteiger partial charge in [-0.3, -0.25) is 14.4 Å². The Bertz CT molecular complexity index is 1170. The molecular weight excluding hydrogens is 488 g/mol. The standard InChI is InChI=1S/C29H36N2O7/c1-18(2)27-20(4)11-12-21(32)9-6-5-8-19(3)14-22(33)15-23(34)16-26-30-24(17-37-26)28(35)31-13-7-10-25(31)29(36)38-27/h5,8,10-12,14,17-18,20,22,27,33H,6-7,9,13,15-16H2,1-4H3/b8-5+,12-11+,19-14+/t20-,22-,27-/m1/s1. The molecule has 0 spiro atoms. The van der Waals surface area contributed by atoms with E-state index < -0.39 is 24.1 Å². The van der Waals surface area contributed by atoms with Crippen LogP contribution in [0.5, 0.6) is 0 Å². The number of ether oxygens (including phenoxy) is 1. The van der Waals surface area contributed by atoms with E-state index in [0.29, 0.717) is 19.3 Å². The van der Waals surface area contributed by atoms with Crippen molar-refractivity contribution >= 4 is 23.4 Å². The molecule has 0 fully saturated rings. The first-order valence-corrected chi connectivity index (χ1v) is 13.0. The van der Waals surface area contributed by atoms with Crippen LogP contribution in [0, 0.1) is 11.8 Å². The lowest BCUT2D eigenvalue weighted by Gasteiger charge is -2.27. The Kier molecular flexibility index (Phi) is 10.1. The molecule has 0 aromatic carbocycles. The van der Waals surface area contributed by atoms with E-state index in [1.165, 1.54) is 11.0 Å². The van der Waals surface area contributed by atoms with Crippen molar-refractivity contribution in [3.05, 3.63) is 65.6 Å². The minimum absolute atomic E-state index is 0.0246. The lowest BCUT2D eigenvalue weighted by Crippen LogP contribution is -2.36. The Morgan fingerprint density at radius 3 is 2.63 bits per heavy atom. The van der Waals surface area contributed by atoms with Gasteiger partial charge in [0, 0.05) is 25.3 Å². The number of rotatable bonds is 1.